The molecule has 0 saturated carbocycles. The van der Waals surface area contributed by atoms with Crippen molar-refractivity contribution in [3.05, 3.63) is 46.7 Å². The van der Waals surface area contributed by atoms with Crippen molar-refractivity contribution in [2.45, 2.75) is 45.1 Å². The zero-order chi connectivity index (χ0) is 18.7. The zero-order valence-corrected chi connectivity index (χ0v) is 15.4. The molecule has 1 aromatic carbocycles. The van der Waals surface area contributed by atoms with Gasteiger partial charge in [0.1, 0.15) is 0 Å². The van der Waals surface area contributed by atoms with E-state index in [0.717, 1.165) is 30.6 Å². The number of rotatable bonds is 5. The van der Waals surface area contributed by atoms with Gasteiger partial charge in [-0.15, -0.1) is 0 Å². The van der Waals surface area contributed by atoms with Crippen molar-refractivity contribution < 1.29 is 14.7 Å². The number of carbonyl (C=O) groups is 2. The first kappa shape index (κ1) is 18.5. The highest BCUT2D eigenvalue weighted by Crippen LogP contribution is 2.24. The maximum atomic E-state index is 13.0. The molecule has 1 unspecified atom stereocenters. The monoisotopic (exact) mass is 375 g/mol. The molecule has 1 aliphatic heterocycles. The first-order chi connectivity index (χ1) is 12.5. The predicted molar refractivity (Wildman–Crippen MR) is 98.9 cm³/mol. The number of aliphatic carboxylic acids is 1. The summed E-state index contributed by atoms with van der Waals surface area (Å²) < 4.78 is 1.70. The van der Waals surface area contributed by atoms with Crippen LogP contribution in [0.5, 0.6) is 0 Å². The minimum absolute atomic E-state index is 0.0380. The van der Waals surface area contributed by atoms with Crippen molar-refractivity contribution in [1.29, 1.82) is 0 Å². The first-order valence-corrected chi connectivity index (χ1v) is 9.19. The number of benzene rings is 1. The second-order valence-electron chi connectivity index (χ2n) is 6.64. The lowest BCUT2D eigenvalue weighted by Crippen LogP contribution is -2.44. The van der Waals surface area contributed by atoms with Crippen LogP contribution < -0.4 is 0 Å². The number of nitrogens with zero attached hydrogens (tertiary/aromatic N) is 3. The van der Waals surface area contributed by atoms with Crippen molar-refractivity contribution in [2.75, 3.05) is 6.54 Å². The lowest BCUT2D eigenvalue weighted by atomic mass is 9.97. The van der Waals surface area contributed by atoms with E-state index in [1.165, 1.54) is 0 Å². The van der Waals surface area contributed by atoms with Gasteiger partial charge in [-0.25, -0.2) is 4.68 Å². The van der Waals surface area contributed by atoms with E-state index in [-0.39, 0.29) is 18.4 Å². The molecule has 3 rings (SSSR count). The van der Waals surface area contributed by atoms with Gasteiger partial charge in [0.05, 0.1) is 5.69 Å². The molecular formula is C19H22ClN3O3. The molecule has 1 saturated heterocycles. The summed E-state index contributed by atoms with van der Waals surface area (Å²) in [6.07, 6.45) is 3.35. The predicted octanol–water partition coefficient (Wildman–Crippen LogP) is 3.69. The summed E-state index contributed by atoms with van der Waals surface area (Å²) in [6.45, 7) is 2.54. The molecule has 1 atom stereocenters. The summed E-state index contributed by atoms with van der Waals surface area (Å²) in [5.74, 6) is -0.965. The third kappa shape index (κ3) is 4.07. The van der Waals surface area contributed by atoms with Crippen molar-refractivity contribution in [1.82, 2.24) is 14.7 Å². The van der Waals surface area contributed by atoms with E-state index in [1.807, 2.05) is 19.1 Å². The number of halogens is 1. The normalized spacial score (nSPS) is 17.3. The molecule has 1 aliphatic rings. The maximum absolute atomic E-state index is 13.0. The van der Waals surface area contributed by atoms with Gasteiger partial charge < -0.3 is 10.0 Å². The Morgan fingerprint density at radius 3 is 2.85 bits per heavy atom. The van der Waals surface area contributed by atoms with E-state index in [1.54, 1.807) is 27.8 Å². The van der Waals surface area contributed by atoms with Gasteiger partial charge >= 0.3 is 5.97 Å². The molecule has 2 aromatic rings. The minimum atomic E-state index is -0.830. The molecule has 0 radical (unpaired) electrons. The molecule has 7 heteroatoms. The van der Waals surface area contributed by atoms with Gasteiger partial charge in [-0.05, 0) is 56.9 Å². The van der Waals surface area contributed by atoms with Crippen LogP contribution in [-0.4, -0.2) is 44.3 Å². The Balaban J connectivity index is 1.82. The Labute approximate surface area is 157 Å². The quantitative estimate of drug-likeness (QED) is 0.864. The van der Waals surface area contributed by atoms with Crippen molar-refractivity contribution >= 4 is 23.5 Å². The molecule has 6 nitrogen and oxygen atoms in total. The molecule has 0 spiro atoms. The van der Waals surface area contributed by atoms with Crippen molar-refractivity contribution in [2.24, 2.45) is 0 Å². The lowest BCUT2D eigenvalue weighted by molar-refractivity contribution is -0.137. The molecule has 0 bridgehead atoms. The molecule has 26 heavy (non-hydrogen) atoms. The lowest BCUT2D eigenvalue weighted by Gasteiger charge is -2.35. The summed E-state index contributed by atoms with van der Waals surface area (Å²) in [5, 5.41) is 14.0. The van der Waals surface area contributed by atoms with Crippen LogP contribution in [0, 0.1) is 6.92 Å². The summed E-state index contributed by atoms with van der Waals surface area (Å²) in [7, 11) is 0. The largest absolute Gasteiger partial charge is 0.481 e. The molecule has 1 amide bonds. The highest BCUT2D eigenvalue weighted by Gasteiger charge is 2.29. The Kier molecular flexibility index (Phi) is 5.61. The van der Waals surface area contributed by atoms with E-state index in [0.29, 0.717) is 23.7 Å². The van der Waals surface area contributed by atoms with E-state index < -0.39 is 5.97 Å². The Morgan fingerprint density at radius 2 is 2.12 bits per heavy atom. The van der Waals surface area contributed by atoms with Gasteiger partial charge in [-0.3, -0.25) is 9.59 Å². The summed E-state index contributed by atoms with van der Waals surface area (Å²) in [5.41, 5.74) is 2.02. The number of amides is 1. The van der Waals surface area contributed by atoms with E-state index in [4.69, 9.17) is 16.7 Å². The zero-order valence-electron chi connectivity index (χ0n) is 14.7. The summed E-state index contributed by atoms with van der Waals surface area (Å²) in [6, 6.07) is 9.04. The molecule has 2 heterocycles. The smallest absolute Gasteiger partial charge is 0.303 e. The van der Waals surface area contributed by atoms with E-state index >= 15 is 0 Å². The first-order valence-electron chi connectivity index (χ1n) is 8.81. The van der Waals surface area contributed by atoms with Crippen LogP contribution in [0.2, 0.25) is 5.02 Å². The van der Waals surface area contributed by atoms with Crippen LogP contribution in [0.15, 0.2) is 30.3 Å². The van der Waals surface area contributed by atoms with Gasteiger partial charge in [0, 0.05) is 29.7 Å². The van der Waals surface area contributed by atoms with E-state index in [9.17, 15) is 9.59 Å². The average molecular weight is 376 g/mol. The molecule has 1 fully saturated rings. The fraction of sp³-hybridized carbons (Fsp3) is 0.421. The average Bonchev–Trinajstić information content (AvgIpc) is 3.01. The van der Waals surface area contributed by atoms with Crippen LogP contribution in [0.25, 0.3) is 5.69 Å². The van der Waals surface area contributed by atoms with Crippen molar-refractivity contribution in [3.63, 3.8) is 0 Å². The SMILES string of the molecule is Cc1cc(C(=O)N2CCCCC2CCC(=O)O)nn1-c1cccc(Cl)c1. The van der Waals surface area contributed by atoms with Gasteiger partial charge in [-0.1, -0.05) is 17.7 Å². The second kappa shape index (κ2) is 7.91. The highest BCUT2D eigenvalue weighted by molar-refractivity contribution is 6.30. The van der Waals surface area contributed by atoms with Gasteiger partial charge in [-0.2, -0.15) is 5.10 Å². The highest BCUT2D eigenvalue weighted by atomic mass is 35.5. The topological polar surface area (TPSA) is 75.4 Å². The number of hydrogen-bond acceptors (Lipinski definition) is 3. The molecule has 1 aromatic heterocycles. The molecule has 1 N–H and O–H groups in total. The third-order valence-corrected chi connectivity index (χ3v) is 4.97. The van der Waals surface area contributed by atoms with Gasteiger partial charge in [0.15, 0.2) is 5.69 Å². The Hall–Kier alpha value is -2.34. The number of carboxylic acid groups (broad SMARTS) is 1. The summed E-state index contributed by atoms with van der Waals surface area (Å²) in [4.78, 5) is 25.7. The van der Waals surface area contributed by atoms with Crippen LogP contribution >= 0.6 is 11.6 Å². The number of likely N-dealkylation sites (tertiary alicyclic amines) is 1. The minimum Gasteiger partial charge on any atom is -0.481 e. The fourth-order valence-corrected chi connectivity index (χ4v) is 3.64. The van der Waals surface area contributed by atoms with Gasteiger partial charge in [0.25, 0.3) is 5.91 Å². The third-order valence-electron chi connectivity index (χ3n) is 4.74. The molecule has 138 valence electrons. The van der Waals surface area contributed by atoms with Gasteiger partial charge in [0.2, 0.25) is 0 Å². The summed E-state index contributed by atoms with van der Waals surface area (Å²) >= 11 is 6.05. The number of carbonyl (C=O) groups excluding carboxylic acids is 1. The van der Waals surface area contributed by atoms with Crippen molar-refractivity contribution in [3.8, 4) is 5.69 Å². The van der Waals surface area contributed by atoms with E-state index in [2.05, 4.69) is 5.10 Å². The molecule has 0 aliphatic carbocycles. The van der Waals surface area contributed by atoms with Crippen LogP contribution in [-0.2, 0) is 4.79 Å². The number of hydrogen-bond donors (Lipinski definition) is 1. The van der Waals surface area contributed by atoms with Crippen LogP contribution in [0.1, 0.15) is 48.3 Å². The Morgan fingerprint density at radius 1 is 1.31 bits per heavy atom. The number of carboxylic acids is 1. The number of piperidine rings is 1. The number of aromatic nitrogens is 2. The van der Waals surface area contributed by atoms with Crippen LogP contribution in [0.3, 0.4) is 0 Å². The fourth-order valence-electron chi connectivity index (χ4n) is 3.45. The molecular weight excluding hydrogens is 354 g/mol. The second-order valence-corrected chi connectivity index (χ2v) is 7.08. The standard InChI is InChI=1S/C19H22ClN3O3/c1-13-11-17(21-23(13)16-7-4-5-14(20)12-16)19(26)22-10-3-2-6-15(22)8-9-18(24)25/h4-5,7,11-12,15H,2-3,6,8-10H2,1H3,(H,24,25). The Bertz CT molecular complexity index is 818. The van der Waals surface area contributed by atoms with Crippen LogP contribution in [0.4, 0.5) is 0 Å². The number of aryl methyl sites for hydroxylation is 1. The maximum Gasteiger partial charge on any atom is 0.303 e.